The molecule has 0 radical (unpaired) electrons. The van der Waals surface area contributed by atoms with Crippen LogP contribution in [-0.4, -0.2) is 15.1 Å². The number of benzene rings is 1. The molecular formula is C12H14N4OS. The van der Waals surface area contributed by atoms with Gasteiger partial charge in [0.05, 0.1) is 6.61 Å². The molecule has 0 aliphatic carbocycles. The Morgan fingerprint density at radius 3 is 2.11 bits per heavy atom. The molecule has 94 valence electrons. The van der Waals surface area contributed by atoms with E-state index in [1.165, 1.54) is 17.8 Å². The Bertz CT molecular complexity index is 510. The molecule has 0 saturated heterocycles. The van der Waals surface area contributed by atoms with Crippen LogP contribution in [0.25, 0.3) is 0 Å². The zero-order chi connectivity index (χ0) is 13.0. The van der Waals surface area contributed by atoms with Gasteiger partial charge in [-0.25, -0.2) is 9.97 Å². The molecule has 2 aromatic rings. The minimum atomic E-state index is 0.0578. The molecular weight excluding hydrogens is 248 g/mol. The van der Waals surface area contributed by atoms with Gasteiger partial charge in [0, 0.05) is 11.8 Å². The van der Waals surface area contributed by atoms with Gasteiger partial charge in [-0.15, -0.1) is 0 Å². The summed E-state index contributed by atoms with van der Waals surface area (Å²) in [6.45, 7) is 0.0578. The lowest BCUT2D eigenvalue weighted by Crippen LogP contribution is -1.99. The van der Waals surface area contributed by atoms with Gasteiger partial charge < -0.3 is 16.6 Å². The van der Waals surface area contributed by atoms with Crippen LogP contribution in [0, 0.1) is 0 Å². The molecule has 0 aliphatic heterocycles. The predicted octanol–water partition coefficient (Wildman–Crippen LogP) is 1.43. The van der Waals surface area contributed by atoms with E-state index in [-0.39, 0.29) is 6.61 Å². The first kappa shape index (κ1) is 12.7. The molecule has 1 aromatic carbocycles. The lowest BCUT2D eigenvalue weighted by atomic mass is 10.2. The number of rotatable bonds is 4. The Labute approximate surface area is 109 Å². The van der Waals surface area contributed by atoms with Gasteiger partial charge >= 0.3 is 0 Å². The second-order valence-electron chi connectivity index (χ2n) is 3.76. The number of hydrogen-bond donors (Lipinski definition) is 3. The van der Waals surface area contributed by atoms with E-state index < -0.39 is 0 Å². The van der Waals surface area contributed by atoms with Crippen molar-refractivity contribution in [1.29, 1.82) is 0 Å². The molecule has 0 amide bonds. The van der Waals surface area contributed by atoms with Crippen molar-refractivity contribution >= 4 is 23.4 Å². The van der Waals surface area contributed by atoms with E-state index in [1.54, 1.807) is 0 Å². The van der Waals surface area contributed by atoms with Gasteiger partial charge in [0.2, 0.25) is 0 Å². The van der Waals surface area contributed by atoms with Crippen LogP contribution in [-0.2, 0) is 12.4 Å². The van der Waals surface area contributed by atoms with E-state index in [4.69, 9.17) is 16.6 Å². The van der Waals surface area contributed by atoms with Crippen molar-refractivity contribution < 1.29 is 5.11 Å². The molecule has 5 nitrogen and oxygen atoms in total. The fourth-order valence-corrected chi connectivity index (χ4v) is 2.24. The summed E-state index contributed by atoms with van der Waals surface area (Å²) in [7, 11) is 0. The lowest BCUT2D eigenvalue weighted by Gasteiger charge is -2.03. The number of aromatic nitrogens is 2. The van der Waals surface area contributed by atoms with E-state index in [1.807, 2.05) is 24.3 Å². The van der Waals surface area contributed by atoms with E-state index in [2.05, 4.69) is 9.97 Å². The molecule has 0 fully saturated rings. The number of nitrogens with two attached hydrogens (primary N) is 2. The molecule has 0 unspecified atom stereocenters. The van der Waals surface area contributed by atoms with Crippen LogP contribution < -0.4 is 11.5 Å². The highest BCUT2D eigenvalue weighted by atomic mass is 32.2. The molecule has 2 rings (SSSR count). The van der Waals surface area contributed by atoms with Crippen LogP contribution >= 0.6 is 11.8 Å². The number of aliphatic hydroxyl groups excluding tert-OH is 1. The Kier molecular flexibility index (Phi) is 4.01. The minimum absolute atomic E-state index is 0.0578. The van der Waals surface area contributed by atoms with Gasteiger partial charge in [-0.2, -0.15) is 0 Å². The first-order valence-corrected chi connectivity index (χ1v) is 6.37. The highest BCUT2D eigenvalue weighted by molar-refractivity contribution is 7.98. The van der Waals surface area contributed by atoms with Crippen LogP contribution in [0.5, 0.6) is 0 Å². The van der Waals surface area contributed by atoms with Gasteiger partial charge in [-0.3, -0.25) is 0 Å². The fraction of sp³-hybridized carbons (Fsp3) is 0.167. The monoisotopic (exact) mass is 262 g/mol. The fourth-order valence-electron chi connectivity index (χ4n) is 1.42. The van der Waals surface area contributed by atoms with Crippen molar-refractivity contribution in [2.24, 2.45) is 0 Å². The van der Waals surface area contributed by atoms with Crippen LogP contribution in [0.2, 0.25) is 0 Å². The highest BCUT2D eigenvalue weighted by Gasteiger charge is 2.02. The molecule has 0 atom stereocenters. The highest BCUT2D eigenvalue weighted by Crippen LogP contribution is 2.21. The lowest BCUT2D eigenvalue weighted by molar-refractivity contribution is 0.282. The van der Waals surface area contributed by atoms with E-state index in [0.717, 1.165) is 16.9 Å². The van der Waals surface area contributed by atoms with E-state index in [9.17, 15) is 0 Å². The second kappa shape index (κ2) is 5.70. The third-order valence-corrected chi connectivity index (χ3v) is 3.24. The SMILES string of the molecule is Nc1cc(N)nc(SCc2ccc(CO)cc2)n1. The zero-order valence-electron chi connectivity index (χ0n) is 9.71. The van der Waals surface area contributed by atoms with Crippen molar-refractivity contribution in [2.75, 3.05) is 11.5 Å². The standard InChI is InChI=1S/C12H14N4OS/c13-10-5-11(14)16-12(15-10)18-7-9-3-1-8(6-17)2-4-9/h1-5,17H,6-7H2,(H4,13,14,15,16). The molecule has 0 saturated carbocycles. The Morgan fingerprint density at radius 1 is 1.00 bits per heavy atom. The summed E-state index contributed by atoms with van der Waals surface area (Å²) in [5.74, 6) is 1.48. The van der Waals surface area contributed by atoms with Gasteiger partial charge in [-0.1, -0.05) is 36.0 Å². The number of hydrogen-bond acceptors (Lipinski definition) is 6. The Hall–Kier alpha value is -1.79. The maximum absolute atomic E-state index is 8.94. The first-order valence-electron chi connectivity index (χ1n) is 5.39. The number of anilines is 2. The number of nitrogens with zero attached hydrogens (tertiary/aromatic N) is 2. The van der Waals surface area contributed by atoms with Crippen molar-refractivity contribution in [2.45, 2.75) is 17.5 Å². The predicted molar refractivity (Wildman–Crippen MR) is 72.8 cm³/mol. The topological polar surface area (TPSA) is 98.1 Å². The summed E-state index contributed by atoms with van der Waals surface area (Å²) >= 11 is 1.47. The van der Waals surface area contributed by atoms with Gasteiger partial charge in [-0.05, 0) is 11.1 Å². The Morgan fingerprint density at radius 2 is 1.56 bits per heavy atom. The molecule has 0 aliphatic rings. The largest absolute Gasteiger partial charge is 0.392 e. The van der Waals surface area contributed by atoms with Crippen LogP contribution in [0.3, 0.4) is 0 Å². The maximum atomic E-state index is 8.94. The van der Waals surface area contributed by atoms with E-state index in [0.29, 0.717) is 16.8 Å². The first-order chi connectivity index (χ1) is 8.67. The summed E-state index contributed by atoms with van der Waals surface area (Å²) in [6, 6.07) is 9.25. The normalized spacial score (nSPS) is 10.5. The summed E-state index contributed by atoms with van der Waals surface area (Å²) < 4.78 is 0. The van der Waals surface area contributed by atoms with E-state index >= 15 is 0 Å². The molecule has 0 bridgehead atoms. The van der Waals surface area contributed by atoms with Crippen LogP contribution in [0.4, 0.5) is 11.6 Å². The summed E-state index contributed by atoms with van der Waals surface area (Å²) in [5.41, 5.74) is 13.2. The van der Waals surface area contributed by atoms with Gasteiger partial charge in [0.1, 0.15) is 11.6 Å². The molecule has 5 N–H and O–H groups in total. The van der Waals surface area contributed by atoms with Gasteiger partial charge in [0.15, 0.2) is 5.16 Å². The average molecular weight is 262 g/mol. The van der Waals surface area contributed by atoms with Crippen LogP contribution in [0.1, 0.15) is 11.1 Å². The Balaban J connectivity index is 2.01. The van der Waals surface area contributed by atoms with Crippen molar-refractivity contribution in [3.05, 3.63) is 41.5 Å². The number of nitrogen functional groups attached to an aromatic ring is 2. The summed E-state index contributed by atoms with van der Waals surface area (Å²) in [5, 5.41) is 9.51. The molecule has 0 spiro atoms. The zero-order valence-corrected chi connectivity index (χ0v) is 10.5. The summed E-state index contributed by atoms with van der Waals surface area (Å²) in [6.07, 6.45) is 0. The smallest absolute Gasteiger partial charge is 0.191 e. The van der Waals surface area contributed by atoms with Crippen molar-refractivity contribution in [1.82, 2.24) is 9.97 Å². The minimum Gasteiger partial charge on any atom is -0.392 e. The molecule has 1 aromatic heterocycles. The number of thioether (sulfide) groups is 1. The maximum Gasteiger partial charge on any atom is 0.191 e. The van der Waals surface area contributed by atoms with Gasteiger partial charge in [0.25, 0.3) is 0 Å². The number of aliphatic hydroxyl groups is 1. The summed E-state index contributed by atoms with van der Waals surface area (Å²) in [4.78, 5) is 8.18. The molecule has 6 heteroatoms. The third kappa shape index (κ3) is 3.35. The third-order valence-electron chi connectivity index (χ3n) is 2.32. The molecule has 18 heavy (non-hydrogen) atoms. The average Bonchev–Trinajstić information content (AvgIpc) is 2.36. The second-order valence-corrected chi connectivity index (χ2v) is 4.71. The quantitative estimate of drug-likeness (QED) is 0.569. The molecule has 1 heterocycles. The van der Waals surface area contributed by atoms with Crippen molar-refractivity contribution in [3.8, 4) is 0 Å². The van der Waals surface area contributed by atoms with Crippen molar-refractivity contribution in [3.63, 3.8) is 0 Å². The van der Waals surface area contributed by atoms with Crippen LogP contribution in [0.15, 0.2) is 35.5 Å².